The Morgan fingerprint density at radius 1 is 1.75 bits per heavy atom. The van der Waals surface area contributed by atoms with E-state index >= 15 is 0 Å². The standard InChI is InChI=1S/C10H13N3O2S/c1-13-3-2-6(5-13)8-7(9(14)15)4-11-10(16)12-8/h4,6H,2-3,5H2,1H3,(H,14,15)(H,11,12,16). The summed E-state index contributed by atoms with van der Waals surface area (Å²) < 4.78 is 0.342. The quantitative estimate of drug-likeness (QED) is 0.760. The molecule has 0 radical (unpaired) electrons. The highest BCUT2D eigenvalue weighted by atomic mass is 32.1. The molecule has 0 amide bonds. The van der Waals surface area contributed by atoms with E-state index in [1.165, 1.54) is 6.20 Å². The molecule has 5 nitrogen and oxygen atoms in total. The number of H-pyrrole nitrogens is 1. The molecule has 1 aromatic rings. The van der Waals surface area contributed by atoms with Crippen molar-refractivity contribution in [3.05, 3.63) is 22.2 Å². The van der Waals surface area contributed by atoms with Crippen molar-refractivity contribution in [3.63, 3.8) is 0 Å². The van der Waals surface area contributed by atoms with Crippen molar-refractivity contribution < 1.29 is 9.90 Å². The predicted octanol–water partition coefficient (Wildman–Crippen LogP) is 1.26. The Labute approximate surface area is 98.1 Å². The summed E-state index contributed by atoms with van der Waals surface area (Å²) in [6.45, 7) is 1.84. The summed E-state index contributed by atoms with van der Waals surface area (Å²) >= 11 is 4.94. The van der Waals surface area contributed by atoms with Gasteiger partial charge in [0.1, 0.15) is 0 Å². The van der Waals surface area contributed by atoms with E-state index in [9.17, 15) is 4.79 Å². The lowest BCUT2D eigenvalue weighted by Gasteiger charge is -2.12. The first-order chi connectivity index (χ1) is 7.58. The second kappa shape index (κ2) is 4.31. The molecule has 86 valence electrons. The van der Waals surface area contributed by atoms with Crippen LogP contribution >= 0.6 is 12.2 Å². The molecule has 2 rings (SSSR count). The highest BCUT2D eigenvalue weighted by molar-refractivity contribution is 7.71. The van der Waals surface area contributed by atoms with Gasteiger partial charge in [0.2, 0.25) is 0 Å². The molecule has 1 aliphatic heterocycles. The zero-order valence-electron chi connectivity index (χ0n) is 8.93. The maximum absolute atomic E-state index is 11.1. The van der Waals surface area contributed by atoms with E-state index in [0.717, 1.165) is 19.5 Å². The van der Waals surface area contributed by atoms with Gasteiger partial charge in [-0.2, -0.15) is 0 Å². The third kappa shape index (κ3) is 2.12. The minimum absolute atomic E-state index is 0.209. The number of carboxylic acid groups (broad SMARTS) is 1. The molecule has 0 aliphatic carbocycles. The number of nitrogens with one attached hydrogen (secondary N) is 1. The number of aromatic carboxylic acids is 1. The van der Waals surface area contributed by atoms with E-state index < -0.39 is 5.97 Å². The highest BCUT2D eigenvalue weighted by Gasteiger charge is 2.26. The fourth-order valence-corrected chi connectivity index (χ4v) is 2.23. The summed E-state index contributed by atoms with van der Waals surface area (Å²) in [5, 5.41) is 9.08. The molecule has 0 spiro atoms. The molecule has 1 saturated heterocycles. The third-order valence-corrected chi connectivity index (χ3v) is 3.08. The summed E-state index contributed by atoms with van der Waals surface area (Å²) in [4.78, 5) is 20.0. The summed E-state index contributed by atoms with van der Waals surface area (Å²) in [6, 6.07) is 0. The van der Waals surface area contributed by atoms with Gasteiger partial charge >= 0.3 is 5.97 Å². The fourth-order valence-electron chi connectivity index (χ4n) is 2.07. The van der Waals surface area contributed by atoms with Gasteiger partial charge in [-0.15, -0.1) is 0 Å². The Kier molecular flexibility index (Phi) is 3.02. The van der Waals surface area contributed by atoms with Crippen LogP contribution < -0.4 is 0 Å². The van der Waals surface area contributed by atoms with E-state index in [-0.39, 0.29) is 11.5 Å². The number of aromatic amines is 1. The zero-order chi connectivity index (χ0) is 11.7. The molecule has 2 heterocycles. The molecule has 1 aliphatic rings. The van der Waals surface area contributed by atoms with Crippen molar-refractivity contribution in [2.75, 3.05) is 20.1 Å². The van der Waals surface area contributed by atoms with E-state index in [2.05, 4.69) is 14.9 Å². The lowest BCUT2D eigenvalue weighted by molar-refractivity contribution is 0.0694. The van der Waals surface area contributed by atoms with Crippen LogP contribution in [-0.2, 0) is 0 Å². The average molecular weight is 239 g/mol. The monoisotopic (exact) mass is 239 g/mol. The van der Waals surface area contributed by atoms with Crippen LogP contribution in [0, 0.1) is 4.77 Å². The van der Waals surface area contributed by atoms with E-state index in [4.69, 9.17) is 17.3 Å². The van der Waals surface area contributed by atoms with Crippen molar-refractivity contribution in [2.24, 2.45) is 0 Å². The Morgan fingerprint density at radius 3 is 3.06 bits per heavy atom. The van der Waals surface area contributed by atoms with Crippen molar-refractivity contribution in [3.8, 4) is 0 Å². The van der Waals surface area contributed by atoms with Crippen LogP contribution in [0.25, 0.3) is 0 Å². The first-order valence-electron chi connectivity index (χ1n) is 5.09. The number of likely N-dealkylation sites (N-methyl/N-ethyl adjacent to an activating group) is 1. The maximum Gasteiger partial charge on any atom is 0.339 e. The second-order valence-electron chi connectivity index (χ2n) is 4.07. The van der Waals surface area contributed by atoms with Crippen LogP contribution in [0.4, 0.5) is 0 Å². The van der Waals surface area contributed by atoms with Gasteiger partial charge in [-0.05, 0) is 32.2 Å². The van der Waals surface area contributed by atoms with E-state index in [1.54, 1.807) is 0 Å². The molecule has 1 aromatic heterocycles. The first-order valence-corrected chi connectivity index (χ1v) is 5.50. The number of nitrogens with zero attached hydrogens (tertiary/aromatic N) is 2. The smallest absolute Gasteiger partial charge is 0.339 e. The van der Waals surface area contributed by atoms with Crippen LogP contribution in [0.3, 0.4) is 0 Å². The third-order valence-electron chi connectivity index (χ3n) is 2.87. The van der Waals surface area contributed by atoms with Crippen LogP contribution in [-0.4, -0.2) is 46.1 Å². The van der Waals surface area contributed by atoms with Gasteiger partial charge in [0.05, 0.1) is 5.56 Å². The molecule has 1 unspecified atom stereocenters. The highest BCUT2D eigenvalue weighted by Crippen LogP contribution is 2.26. The molecular formula is C10H13N3O2S. The van der Waals surface area contributed by atoms with E-state index in [0.29, 0.717) is 10.5 Å². The van der Waals surface area contributed by atoms with Crippen molar-refractivity contribution in [1.29, 1.82) is 0 Å². The Balaban J connectivity index is 2.41. The predicted molar refractivity (Wildman–Crippen MR) is 61.2 cm³/mol. The number of aromatic nitrogens is 2. The molecule has 6 heteroatoms. The van der Waals surface area contributed by atoms with E-state index in [1.807, 2.05) is 7.05 Å². The lowest BCUT2D eigenvalue weighted by Crippen LogP contribution is -2.16. The Bertz CT molecular complexity index is 471. The number of hydrogen-bond acceptors (Lipinski definition) is 4. The fraction of sp³-hybridized carbons (Fsp3) is 0.500. The lowest BCUT2D eigenvalue weighted by atomic mass is 10.0. The minimum atomic E-state index is -0.955. The molecule has 0 saturated carbocycles. The van der Waals surface area contributed by atoms with Gasteiger partial charge in [-0.25, -0.2) is 9.78 Å². The van der Waals surface area contributed by atoms with Gasteiger partial charge in [0.15, 0.2) is 4.77 Å². The molecule has 0 bridgehead atoms. The number of rotatable bonds is 2. The normalized spacial score (nSPS) is 21.2. The minimum Gasteiger partial charge on any atom is -0.478 e. The van der Waals surface area contributed by atoms with Gasteiger partial charge in [-0.3, -0.25) is 0 Å². The summed E-state index contributed by atoms with van der Waals surface area (Å²) in [6.07, 6.45) is 2.29. The van der Waals surface area contributed by atoms with Gasteiger partial charge in [0.25, 0.3) is 0 Å². The molecule has 0 aromatic carbocycles. The van der Waals surface area contributed by atoms with Gasteiger partial charge in [-0.1, -0.05) is 0 Å². The summed E-state index contributed by atoms with van der Waals surface area (Å²) in [5.41, 5.74) is 0.936. The van der Waals surface area contributed by atoms with Crippen LogP contribution in [0.15, 0.2) is 6.20 Å². The molecule has 2 N–H and O–H groups in total. The first kappa shape index (κ1) is 11.2. The summed E-state index contributed by atoms with van der Waals surface area (Å²) in [5.74, 6) is -0.746. The second-order valence-corrected chi connectivity index (χ2v) is 4.46. The topological polar surface area (TPSA) is 69.2 Å². The number of carbonyl (C=O) groups is 1. The molecular weight excluding hydrogens is 226 g/mol. The van der Waals surface area contributed by atoms with Gasteiger partial charge < -0.3 is 15.0 Å². The average Bonchev–Trinajstić information content (AvgIpc) is 2.64. The maximum atomic E-state index is 11.1. The Morgan fingerprint density at radius 2 is 2.50 bits per heavy atom. The zero-order valence-corrected chi connectivity index (χ0v) is 9.75. The summed E-state index contributed by atoms with van der Waals surface area (Å²) in [7, 11) is 2.02. The largest absolute Gasteiger partial charge is 0.478 e. The van der Waals surface area contributed by atoms with Gasteiger partial charge in [0, 0.05) is 24.4 Å². The Hall–Kier alpha value is -1.27. The number of likely N-dealkylation sites (tertiary alicyclic amines) is 1. The molecule has 1 atom stereocenters. The SMILES string of the molecule is CN1CCC(c2[nH]c(=S)ncc2C(=O)O)C1. The van der Waals surface area contributed by atoms with Crippen molar-refractivity contribution >= 4 is 18.2 Å². The number of hydrogen-bond donors (Lipinski definition) is 2. The number of carboxylic acids is 1. The van der Waals surface area contributed by atoms with Crippen LogP contribution in [0.1, 0.15) is 28.4 Å². The molecule has 1 fully saturated rings. The van der Waals surface area contributed by atoms with Crippen molar-refractivity contribution in [2.45, 2.75) is 12.3 Å². The molecule has 16 heavy (non-hydrogen) atoms. The van der Waals surface area contributed by atoms with Crippen LogP contribution in [0.5, 0.6) is 0 Å². The van der Waals surface area contributed by atoms with Crippen LogP contribution in [0.2, 0.25) is 0 Å². The van der Waals surface area contributed by atoms with Crippen molar-refractivity contribution in [1.82, 2.24) is 14.9 Å².